The SMILES string of the molecule is Cl.ClCc1c(-c2ccc(Cl)cc2)nc2ccccn12. The summed E-state index contributed by atoms with van der Waals surface area (Å²) in [5.74, 6) is 0.420. The maximum atomic E-state index is 6.05. The van der Waals surface area contributed by atoms with Gasteiger partial charge in [0.25, 0.3) is 0 Å². The molecule has 2 aromatic heterocycles. The zero-order valence-corrected chi connectivity index (χ0v) is 12.2. The molecule has 0 bridgehead atoms. The largest absolute Gasteiger partial charge is 0.302 e. The molecule has 5 heteroatoms. The van der Waals surface area contributed by atoms with Gasteiger partial charge in [-0.3, -0.25) is 0 Å². The van der Waals surface area contributed by atoms with Crippen LogP contribution in [-0.2, 0) is 5.88 Å². The lowest BCUT2D eigenvalue weighted by Gasteiger charge is -2.01. The van der Waals surface area contributed by atoms with Gasteiger partial charge in [0.15, 0.2) is 0 Å². The minimum Gasteiger partial charge on any atom is -0.302 e. The van der Waals surface area contributed by atoms with Crippen LogP contribution >= 0.6 is 35.6 Å². The Morgan fingerprint density at radius 2 is 1.79 bits per heavy atom. The summed E-state index contributed by atoms with van der Waals surface area (Å²) in [6.07, 6.45) is 1.97. The van der Waals surface area contributed by atoms with Crippen LogP contribution in [0, 0.1) is 0 Å². The maximum Gasteiger partial charge on any atom is 0.137 e. The van der Waals surface area contributed by atoms with Gasteiger partial charge in [-0.05, 0) is 24.3 Å². The fourth-order valence-corrected chi connectivity index (χ4v) is 2.39. The van der Waals surface area contributed by atoms with Crippen LogP contribution in [0.1, 0.15) is 5.69 Å². The molecule has 3 rings (SSSR count). The Hall–Kier alpha value is -1.22. The second kappa shape index (κ2) is 5.83. The lowest BCUT2D eigenvalue weighted by atomic mass is 10.1. The van der Waals surface area contributed by atoms with E-state index in [1.165, 1.54) is 0 Å². The predicted octanol–water partition coefficient (Wildman–Crippen LogP) is 4.82. The minimum atomic E-state index is 0. The third-order valence-corrected chi connectivity index (χ3v) is 3.38. The first-order valence-corrected chi connectivity index (χ1v) is 6.48. The Morgan fingerprint density at radius 3 is 2.47 bits per heavy atom. The molecule has 0 atom stereocenters. The van der Waals surface area contributed by atoms with E-state index >= 15 is 0 Å². The minimum absolute atomic E-state index is 0. The van der Waals surface area contributed by atoms with E-state index in [1.807, 2.05) is 53.1 Å². The average Bonchev–Trinajstić information content (AvgIpc) is 2.78. The van der Waals surface area contributed by atoms with Gasteiger partial charge >= 0.3 is 0 Å². The molecule has 2 nitrogen and oxygen atoms in total. The van der Waals surface area contributed by atoms with Crippen molar-refractivity contribution in [3.05, 3.63) is 59.4 Å². The highest BCUT2D eigenvalue weighted by atomic mass is 35.5. The number of fused-ring (bicyclic) bond motifs is 1. The monoisotopic (exact) mass is 312 g/mol. The summed E-state index contributed by atoms with van der Waals surface area (Å²) in [4.78, 5) is 4.62. The van der Waals surface area contributed by atoms with Crippen molar-refractivity contribution in [2.24, 2.45) is 0 Å². The molecule has 2 heterocycles. The number of rotatable bonds is 2. The molecule has 0 spiro atoms. The van der Waals surface area contributed by atoms with Crippen molar-refractivity contribution in [2.45, 2.75) is 5.88 Å². The number of hydrogen-bond acceptors (Lipinski definition) is 1. The van der Waals surface area contributed by atoms with Crippen molar-refractivity contribution in [3.8, 4) is 11.3 Å². The molecule has 0 unspecified atom stereocenters. The van der Waals surface area contributed by atoms with Crippen LogP contribution < -0.4 is 0 Å². The van der Waals surface area contributed by atoms with E-state index in [0.29, 0.717) is 5.88 Å². The number of benzene rings is 1. The molecule has 0 N–H and O–H groups in total. The average molecular weight is 314 g/mol. The van der Waals surface area contributed by atoms with Crippen LogP contribution in [0.15, 0.2) is 48.7 Å². The topological polar surface area (TPSA) is 17.3 Å². The summed E-state index contributed by atoms with van der Waals surface area (Å²) < 4.78 is 2.01. The van der Waals surface area contributed by atoms with Gasteiger partial charge in [-0.15, -0.1) is 24.0 Å². The highest BCUT2D eigenvalue weighted by Crippen LogP contribution is 2.26. The highest BCUT2D eigenvalue weighted by Gasteiger charge is 2.12. The first-order valence-electron chi connectivity index (χ1n) is 5.57. The number of pyridine rings is 1. The van der Waals surface area contributed by atoms with E-state index in [4.69, 9.17) is 23.2 Å². The lowest BCUT2D eigenvalue weighted by molar-refractivity contribution is 1.09. The summed E-state index contributed by atoms with van der Waals surface area (Å²) in [5.41, 5.74) is 3.83. The quantitative estimate of drug-likeness (QED) is 0.620. The molecule has 0 aliphatic carbocycles. The molecule has 0 aliphatic rings. The highest BCUT2D eigenvalue weighted by molar-refractivity contribution is 6.30. The Balaban J connectivity index is 0.00000133. The van der Waals surface area contributed by atoms with Crippen molar-refractivity contribution >= 4 is 41.3 Å². The Kier molecular flexibility index (Phi) is 4.35. The van der Waals surface area contributed by atoms with Gasteiger partial charge in [0, 0.05) is 16.8 Å². The number of halogens is 3. The number of aromatic nitrogens is 2. The van der Waals surface area contributed by atoms with Gasteiger partial charge < -0.3 is 4.40 Å². The Bertz CT molecular complexity index is 689. The van der Waals surface area contributed by atoms with Crippen LogP contribution in [0.2, 0.25) is 5.02 Å². The standard InChI is InChI=1S/C14H10Cl2N2.ClH/c15-9-12-14(10-4-6-11(16)7-5-10)17-13-3-1-2-8-18(12)13;/h1-8H,9H2;1H. The molecule has 0 amide bonds. The number of hydrogen-bond donors (Lipinski definition) is 0. The van der Waals surface area contributed by atoms with E-state index in [1.54, 1.807) is 0 Å². The molecule has 0 fully saturated rings. The van der Waals surface area contributed by atoms with Crippen molar-refractivity contribution in [2.75, 3.05) is 0 Å². The molecular formula is C14H11Cl3N2. The zero-order chi connectivity index (χ0) is 12.5. The second-order valence-corrected chi connectivity index (χ2v) is 4.68. The number of alkyl halides is 1. The molecule has 0 radical (unpaired) electrons. The summed E-state index contributed by atoms with van der Waals surface area (Å²) in [6, 6.07) is 13.5. The zero-order valence-electron chi connectivity index (χ0n) is 9.88. The van der Waals surface area contributed by atoms with Gasteiger partial charge in [0.05, 0.1) is 17.3 Å². The molecule has 0 saturated heterocycles. The predicted molar refractivity (Wildman–Crippen MR) is 82.4 cm³/mol. The summed E-state index contributed by atoms with van der Waals surface area (Å²) in [7, 11) is 0. The Labute approximate surface area is 127 Å². The number of imidazole rings is 1. The van der Waals surface area contributed by atoms with Gasteiger partial charge in [0.2, 0.25) is 0 Å². The normalized spacial score (nSPS) is 10.4. The maximum absolute atomic E-state index is 6.05. The first kappa shape index (κ1) is 14.2. The molecule has 0 aliphatic heterocycles. The van der Waals surface area contributed by atoms with Crippen LogP contribution in [0.3, 0.4) is 0 Å². The van der Waals surface area contributed by atoms with Crippen molar-refractivity contribution in [1.82, 2.24) is 9.38 Å². The second-order valence-electron chi connectivity index (χ2n) is 3.98. The summed E-state index contributed by atoms with van der Waals surface area (Å²) >= 11 is 11.9. The van der Waals surface area contributed by atoms with E-state index in [9.17, 15) is 0 Å². The van der Waals surface area contributed by atoms with Crippen molar-refractivity contribution in [3.63, 3.8) is 0 Å². The molecule has 0 saturated carbocycles. The summed E-state index contributed by atoms with van der Waals surface area (Å²) in [6.45, 7) is 0. The van der Waals surface area contributed by atoms with Crippen LogP contribution in [-0.4, -0.2) is 9.38 Å². The van der Waals surface area contributed by atoms with E-state index in [0.717, 1.165) is 27.6 Å². The first-order chi connectivity index (χ1) is 8.79. The molecule has 3 aromatic rings. The van der Waals surface area contributed by atoms with Gasteiger partial charge in [-0.1, -0.05) is 29.8 Å². The van der Waals surface area contributed by atoms with E-state index < -0.39 is 0 Å². The van der Waals surface area contributed by atoms with Gasteiger partial charge in [-0.25, -0.2) is 4.98 Å². The van der Waals surface area contributed by atoms with Gasteiger partial charge in [-0.2, -0.15) is 0 Å². The fraction of sp³-hybridized carbons (Fsp3) is 0.0714. The molecule has 1 aromatic carbocycles. The molecule has 19 heavy (non-hydrogen) atoms. The lowest BCUT2D eigenvalue weighted by Crippen LogP contribution is -1.90. The molecular weight excluding hydrogens is 303 g/mol. The van der Waals surface area contributed by atoms with Crippen molar-refractivity contribution in [1.29, 1.82) is 0 Å². The van der Waals surface area contributed by atoms with Crippen LogP contribution in [0.4, 0.5) is 0 Å². The molecule has 98 valence electrons. The van der Waals surface area contributed by atoms with Crippen LogP contribution in [0.5, 0.6) is 0 Å². The number of nitrogens with zero attached hydrogens (tertiary/aromatic N) is 2. The third-order valence-electron chi connectivity index (χ3n) is 2.87. The smallest absolute Gasteiger partial charge is 0.137 e. The Morgan fingerprint density at radius 1 is 1.05 bits per heavy atom. The van der Waals surface area contributed by atoms with Gasteiger partial charge in [0.1, 0.15) is 5.65 Å². The summed E-state index contributed by atoms with van der Waals surface area (Å²) in [5, 5.41) is 0.718. The van der Waals surface area contributed by atoms with Crippen LogP contribution in [0.25, 0.3) is 16.9 Å². The van der Waals surface area contributed by atoms with E-state index in [2.05, 4.69) is 4.98 Å². The fourth-order valence-electron chi connectivity index (χ4n) is 2.01. The third kappa shape index (κ3) is 2.57. The van der Waals surface area contributed by atoms with E-state index in [-0.39, 0.29) is 12.4 Å². The van der Waals surface area contributed by atoms with Crippen molar-refractivity contribution < 1.29 is 0 Å².